The van der Waals surface area contributed by atoms with Gasteiger partial charge in [0.2, 0.25) is 0 Å². The smallest absolute Gasteiger partial charge is 1.00 e. The summed E-state index contributed by atoms with van der Waals surface area (Å²) in [6.07, 6.45) is 25.6. The average molecular weight is 1210 g/mol. The van der Waals surface area contributed by atoms with Crippen molar-refractivity contribution in [3.05, 3.63) is 193 Å². The third-order valence-electron chi connectivity index (χ3n) is 13.8. The third kappa shape index (κ3) is 9.29. The number of pyridine rings is 4. The molecular weight excluding hydrogens is 1160 g/mol. The van der Waals surface area contributed by atoms with Crippen LogP contribution in [0.15, 0.2) is 159 Å². The van der Waals surface area contributed by atoms with Gasteiger partial charge in [0.1, 0.15) is 28.2 Å². The van der Waals surface area contributed by atoms with E-state index in [1.165, 1.54) is 27.8 Å². The molecule has 0 spiro atoms. The molecule has 9 heterocycles. The minimum absolute atomic E-state index is 0. The second-order valence-electron chi connectivity index (χ2n) is 18.7. The molecule has 0 fully saturated rings. The zero-order valence-electron chi connectivity index (χ0n) is 40.3. The quantitative estimate of drug-likeness (QED) is 0.165. The molecule has 2 N–H and O–H groups in total. The van der Waals surface area contributed by atoms with Crippen LogP contribution in [-0.2, 0) is 56.0 Å². The summed E-state index contributed by atoms with van der Waals surface area (Å²) in [5.74, 6) is 0. The van der Waals surface area contributed by atoms with Gasteiger partial charge < -0.3 is 59.6 Å². The van der Waals surface area contributed by atoms with Gasteiger partial charge in [0.25, 0.3) is 0 Å². The summed E-state index contributed by atoms with van der Waals surface area (Å²) < 4.78 is 8.36. The number of rotatable bonds is 5. The van der Waals surface area contributed by atoms with E-state index in [1.807, 2.05) is 21.1 Å². The minimum atomic E-state index is -0.110. The second kappa shape index (κ2) is 20.9. The number of H-pyrrole nitrogens is 2. The van der Waals surface area contributed by atoms with Gasteiger partial charge in [-0.3, -0.25) is 0 Å². The van der Waals surface area contributed by atoms with Crippen LogP contribution in [0.4, 0.5) is 0 Å². The molecule has 0 unspecified atom stereocenters. The third-order valence-corrected chi connectivity index (χ3v) is 13.8. The molecule has 9 aromatic rings. The van der Waals surface area contributed by atoms with Gasteiger partial charge in [-0.1, -0.05) is 50.2 Å². The van der Waals surface area contributed by atoms with Gasteiger partial charge in [-0.25, -0.2) is 28.2 Å². The SMILES string of the molecule is C[n+]1ccc(-c2c3nc(c(-c4cc[n+](C)cc4)c4ccc([nH]4)c(-c4cc(-c5ccc6c(c5)C(C)(C)c5ccccc5-6)c[n+](C)c4)c4nc(c(-c5cc[n+](C)cc5)c5ccc2[nH]5)C=C4)C=C3)cc1.[Au+3].[Cl-].[Cl-].[Cl-].[Cl-]. The average Bonchev–Trinajstić information content (AvgIpc) is 4.20. The number of halogens is 4. The van der Waals surface area contributed by atoms with Crippen molar-refractivity contribution >= 4 is 46.4 Å². The Morgan fingerprint density at radius 2 is 0.750 bits per heavy atom. The fourth-order valence-corrected chi connectivity index (χ4v) is 10.3. The molecule has 0 saturated carbocycles. The Morgan fingerprint density at radius 1 is 0.375 bits per heavy atom. The molecule has 7 aromatic heterocycles. The maximum atomic E-state index is 5.59. The molecule has 0 amide bonds. The summed E-state index contributed by atoms with van der Waals surface area (Å²) in [5, 5.41) is 0. The van der Waals surface area contributed by atoms with Crippen LogP contribution in [0.1, 0.15) is 47.8 Å². The van der Waals surface area contributed by atoms with E-state index in [0.717, 1.165) is 94.9 Å². The fourth-order valence-electron chi connectivity index (χ4n) is 10.3. The molecule has 0 saturated heterocycles. The van der Waals surface area contributed by atoms with Gasteiger partial charge >= 0.3 is 22.4 Å². The molecule has 0 radical (unpaired) electrons. The largest absolute Gasteiger partial charge is 3.00 e. The minimum Gasteiger partial charge on any atom is -1.00 e. The van der Waals surface area contributed by atoms with Crippen LogP contribution in [0.5, 0.6) is 0 Å². The van der Waals surface area contributed by atoms with E-state index in [9.17, 15) is 0 Å². The predicted molar refractivity (Wildman–Crippen MR) is 268 cm³/mol. The predicted octanol–water partition coefficient (Wildman–Crippen LogP) is -1.39. The first-order valence-electron chi connectivity index (χ1n) is 22.8. The zero-order valence-corrected chi connectivity index (χ0v) is 45.5. The second-order valence-corrected chi connectivity index (χ2v) is 18.7. The van der Waals surface area contributed by atoms with Gasteiger partial charge in [-0.05, 0) is 105 Å². The fraction of sp³-hybridized carbons (Fsp3) is 0.119. The molecule has 12 rings (SSSR count). The maximum absolute atomic E-state index is 5.59. The number of nitrogens with one attached hydrogen (secondary N) is 2. The van der Waals surface area contributed by atoms with E-state index >= 15 is 0 Å². The number of hydrogen-bond acceptors (Lipinski definition) is 2. The van der Waals surface area contributed by atoms with Crippen molar-refractivity contribution in [1.29, 1.82) is 0 Å². The van der Waals surface area contributed by atoms with Crippen LogP contribution in [0.3, 0.4) is 0 Å². The van der Waals surface area contributed by atoms with Crippen molar-refractivity contribution in [3.8, 4) is 66.8 Å². The standard InChI is InChI=1S/C59H49N8.Au.4ClH/c1-59(2)45-10-8-7-9-43(45)44-12-11-40(34-46(44)59)41-33-42(36-67(6)35-41)58-53-19-17-51(62-53)56(38-23-29-65(4)30-24-38)49-15-13-47(60-49)55(37-21-27-64(3)28-22-37)48-14-16-50(61-48)57(52-18-20-54(58)63-52)39-25-31-66(5)32-26-39;;;;;/h7-36H,1-6H3,(H,60,61,62,63);;4*1H/q2*+3;;;;/p-3. The van der Waals surface area contributed by atoms with Crippen molar-refractivity contribution in [3.63, 3.8) is 0 Å². The van der Waals surface area contributed by atoms with Crippen LogP contribution in [0, 0.1) is 0 Å². The number of aromatic amines is 2. The molecule has 3 aliphatic rings. The van der Waals surface area contributed by atoms with E-state index in [2.05, 4.69) is 232 Å². The first kappa shape index (κ1) is 53.3. The molecule has 2 aromatic carbocycles. The normalized spacial score (nSPS) is 12.3. The van der Waals surface area contributed by atoms with Crippen LogP contribution < -0.4 is 67.9 Å². The van der Waals surface area contributed by atoms with Crippen molar-refractivity contribution in [2.75, 3.05) is 0 Å². The Hall–Kier alpha value is -6.46. The summed E-state index contributed by atoms with van der Waals surface area (Å²) in [6, 6.07) is 39.9. The molecule has 0 atom stereocenters. The summed E-state index contributed by atoms with van der Waals surface area (Å²) in [5.41, 5.74) is 23.2. The van der Waals surface area contributed by atoms with Crippen molar-refractivity contribution in [2.45, 2.75) is 19.3 Å². The first-order valence-corrected chi connectivity index (χ1v) is 22.8. The number of fused-ring (bicyclic) bond motifs is 11. The maximum Gasteiger partial charge on any atom is 3.00 e. The molecule has 8 nitrogen and oxygen atoms in total. The van der Waals surface area contributed by atoms with E-state index in [4.69, 9.17) is 9.97 Å². The molecular formula is C59H50AuCl4N8+3. The molecule has 8 bridgehead atoms. The zero-order chi connectivity index (χ0) is 45.6. The monoisotopic (exact) mass is 1210 g/mol. The molecule has 1 aliphatic carbocycles. The van der Waals surface area contributed by atoms with E-state index in [1.54, 1.807) is 0 Å². The number of nitrogens with zero attached hydrogens (tertiary/aromatic N) is 6. The van der Waals surface area contributed by atoms with Crippen LogP contribution in [0.2, 0.25) is 0 Å². The van der Waals surface area contributed by atoms with Gasteiger partial charge in [-0.2, -0.15) is 0 Å². The topological polar surface area (TPSA) is 72.9 Å². The van der Waals surface area contributed by atoms with Gasteiger partial charge in [-0.15, -0.1) is 0 Å². The van der Waals surface area contributed by atoms with Crippen LogP contribution in [0.25, 0.3) is 113 Å². The van der Waals surface area contributed by atoms with Crippen molar-refractivity contribution in [1.82, 2.24) is 19.9 Å². The summed E-state index contributed by atoms with van der Waals surface area (Å²) >= 11 is 0. The molecule has 13 heteroatoms. The molecule has 72 heavy (non-hydrogen) atoms. The van der Waals surface area contributed by atoms with E-state index in [0.29, 0.717) is 0 Å². The number of aryl methyl sites for hydroxylation is 4. The number of aromatic nitrogens is 8. The van der Waals surface area contributed by atoms with Gasteiger partial charge in [0.15, 0.2) is 49.6 Å². The molecule has 362 valence electrons. The summed E-state index contributed by atoms with van der Waals surface area (Å²) in [4.78, 5) is 18.9. The first-order chi connectivity index (χ1) is 32.6. The van der Waals surface area contributed by atoms with Crippen LogP contribution >= 0.6 is 0 Å². The molecule has 2 aliphatic heterocycles. The van der Waals surface area contributed by atoms with Gasteiger partial charge in [0, 0.05) is 91.7 Å². The van der Waals surface area contributed by atoms with E-state index < -0.39 is 0 Å². The van der Waals surface area contributed by atoms with Gasteiger partial charge in [0.05, 0.1) is 28.3 Å². The Balaban J connectivity index is 0.00000152. The van der Waals surface area contributed by atoms with E-state index in [-0.39, 0.29) is 77.4 Å². The summed E-state index contributed by atoms with van der Waals surface area (Å²) in [6.45, 7) is 4.69. The Labute approximate surface area is 460 Å². The number of benzene rings is 2. The Bertz CT molecular complexity index is 3720. The Kier molecular flexibility index (Phi) is 15.5. The number of hydrogen-bond donors (Lipinski definition) is 2. The summed E-state index contributed by atoms with van der Waals surface area (Å²) in [7, 11) is 8.25. The van der Waals surface area contributed by atoms with Crippen LogP contribution in [-0.4, -0.2) is 19.9 Å². The Morgan fingerprint density at radius 3 is 1.18 bits per heavy atom. The van der Waals surface area contributed by atoms with Crippen molar-refractivity contribution in [2.24, 2.45) is 28.2 Å². The van der Waals surface area contributed by atoms with Crippen molar-refractivity contribution < 1.29 is 90.3 Å².